The Morgan fingerprint density at radius 3 is 1.35 bits per heavy atom. The lowest BCUT2D eigenvalue weighted by molar-refractivity contribution is -0.133. The van der Waals surface area contributed by atoms with Crippen molar-refractivity contribution in [3.8, 4) is 0 Å². The molecule has 0 aliphatic carbocycles. The molecule has 0 fully saturated rings. The van der Waals surface area contributed by atoms with Gasteiger partial charge in [-0.2, -0.15) is 0 Å². The highest BCUT2D eigenvalue weighted by atomic mass is 16.2. The molecule has 0 aromatic carbocycles. The number of rotatable bonds is 36. The number of hydrogen-bond donors (Lipinski definition) is 5. The van der Waals surface area contributed by atoms with Gasteiger partial charge in [0.15, 0.2) is 5.96 Å². The van der Waals surface area contributed by atoms with Gasteiger partial charge in [0.25, 0.3) is 0 Å². The Bertz CT molecular complexity index is 761. The Hall–Kier alpha value is -1.87. The zero-order valence-corrected chi connectivity index (χ0v) is 31.8. The van der Waals surface area contributed by atoms with Gasteiger partial charge in [0.05, 0.1) is 12.1 Å². The number of nitrogens with one attached hydrogen (secondary N) is 1. The molecule has 2 amide bonds. The summed E-state index contributed by atoms with van der Waals surface area (Å²) in [5.74, 6) is -0.0242. The van der Waals surface area contributed by atoms with Crippen molar-refractivity contribution in [3.63, 3.8) is 0 Å². The lowest BCUT2D eigenvalue weighted by atomic mass is 10.0. The molecule has 284 valence electrons. The zero-order chi connectivity index (χ0) is 35.5. The van der Waals surface area contributed by atoms with Gasteiger partial charge in [0.2, 0.25) is 11.8 Å². The summed E-state index contributed by atoms with van der Waals surface area (Å²) in [6.45, 7) is 7.17. The standard InChI is InChI=1S/C39H81N7O2/c1-3-5-7-9-11-13-15-17-19-21-23-27-34-46(33-26-22-20-18-16-14-12-10-8-6-4-2)38(48)36(41)29-24-25-31-44-37(47)35(40)30-28-32-45-39(42)43/h35-36H,3-34,40-41H2,1-2H3,(H,44,47)(H4,42,43,45). The van der Waals surface area contributed by atoms with Gasteiger partial charge in [0, 0.05) is 26.2 Å². The number of hydrogen-bond acceptors (Lipinski definition) is 5. The molecule has 0 aliphatic rings. The molecule has 0 aromatic rings. The monoisotopic (exact) mass is 680 g/mol. The van der Waals surface area contributed by atoms with Gasteiger partial charge < -0.3 is 33.2 Å². The van der Waals surface area contributed by atoms with Gasteiger partial charge in [-0.05, 0) is 44.9 Å². The number of nitrogens with zero attached hydrogens (tertiary/aromatic N) is 2. The molecule has 48 heavy (non-hydrogen) atoms. The topological polar surface area (TPSA) is 166 Å². The summed E-state index contributed by atoms with van der Waals surface area (Å²) in [6, 6.07) is -1.06. The molecule has 0 aliphatic heterocycles. The third-order valence-electron chi connectivity index (χ3n) is 9.49. The summed E-state index contributed by atoms with van der Waals surface area (Å²) in [4.78, 5) is 31.6. The number of amides is 2. The first-order valence-corrected chi connectivity index (χ1v) is 20.5. The van der Waals surface area contributed by atoms with E-state index >= 15 is 0 Å². The van der Waals surface area contributed by atoms with Crippen LogP contribution in [-0.4, -0.2) is 60.9 Å². The fourth-order valence-electron chi connectivity index (χ4n) is 6.28. The van der Waals surface area contributed by atoms with E-state index in [1.165, 1.54) is 135 Å². The second-order valence-electron chi connectivity index (χ2n) is 14.2. The molecule has 0 spiro atoms. The van der Waals surface area contributed by atoms with Crippen molar-refractivity contribution in [2.24, 2.45) is 27.9 Å². The summed E-state index contributed by atoms with van der Waals surface area (Å²) in [5.41, 5.74) is 23.1. The molecule has 2 unspecified atom stereocenters. The molecule has 9 N–H and O–H groups in total. The van der Waals surface area contributed by atoms with E-state index in [9.17, 15) is 9.59 Å². The molecular formula is C39H81N7O2. The Balaban J connectivity index is 4.40. The first-order chi connectivity index (χ1) is 23.3. The van der Waals surface area contributed by atoms with Gasteiger partial charge >= 0.3 is 0 Å². The van der Waals surface area contributed by atoms with Crippen LogP contribution in [0.1, 0.15) is 194 Å². The van der Waals surface area contributed by atoms with Crippen molar-refractivity contribution in [2.45, 2.75) is 206 Å². The maximum atomic E-state index is 13.4. The smallest absolute Gasteiger partial charge is 0.239 e. The van der Waals surface area contributed by atoms with E-state index in [0.717, 1.165) is 38.8 Å². The Morgan fingerprint density at radius 2 is 0.938 bits per heavy atom. The summed E-state index contributed by atoms with van der Waals surface area (Å²) in [7, 11) is 0. The molecule has 0 rings (SSSR count). The van der Waals surface area contributed by atoms with Crippen LogP contribution >= 0.6 is 0 Å². The van der Waals surface area contributed by atoms with E-state index in [0.29, 0.717) is 32.4 Å². The lowest BCUT2D eigenvalue weighted by Gasteiger charge is -2.26. The Kier molecular flexibility index (Phi) is 33.6. The molecule has 0 aromatic heterocycles. The number of nitrogens with two attached hydrogens (primary N) is 4. The highest BCUT2D eigenvalue weighted by molar-refractivity contribution is 5.82. The summed E-state index contributed by atoms with van der Waals surface area (Å²) >= 11 is 0. The van der Waals surface area contributed by atoms with E-state index in [4.69, 9.17) is 22.9 Å². The van der Waals surface area contributed by atoms with Crippen molar-refractivity contribution in [1.29, 1.82) is 0 Å². The minimum absolute atomic E-state index is 0.0475. The van der Waals surface area contributed by atoms with Crippen molar-refractivity contribution in [1.82, 2.24) is 10.2 Å². The van der Waals surface area contributed by atoms with Crippen LogP contribution in [0.2, 0.25) is 0 Å². The number of carbonyl (C=O) groups excluding carboxylic acids is 2. The van der Waals surface area contributed by atoms with E-state index in [2.05, 4.69) is 29.1 Å². The number of unbranched alkanes of at least 4 members (excludes halogenated alkanes) is 22. The van der Waals surface area contributed by atoms with Crippen LogP contribution in [-0.2, 0) is 9.59 Å². The van der Waals surface area contributed by atoms with E-state index in [1.54, 1.807) is 0 Å². The van der Waals surface area contributed by atoms with Crippen molar-refractivity contribution in [3.05, 3.63) is 0 Å². The summed E-state index contributed by atoms with van der Waals surface area (Å²) in [6.07, 6.45) is 33.5. The molecule has 0 radical (unpaired) electrons. The van der Waals surface area contributed by atoms with E-state index < -0.39 is 12.1 Å². The molecule has 0 bridgehead atoms. The third kappa shape index (κ3) is 30.2. The highest BCUT2D eigenvalue weighted by Gasteiger charge is 2.20. The van der Waals surface area contributed by atoms with Crippen LogP contribution in [0.4, 0.5) is 0 Å². The molecule has 9 heteroatoms. The maximum absolute atomic E-state index is 13.4. The summed E-state index contributed by atoms with van der Waals surface area (Å²) < 4.78 is 0. The first kappa shape index (κ1) is 46.1. The fourth-order valence-corrected chi connectivity index (χ4v) is 6.28. The van der Waals surface area contributed by atoms with Crippen molar-refractivity contribution >= 4 is 17.8 Å². The molecule has 0 saturated heterocycles. The van der Waals surface area contributed by atoms with E-state index in [-0.39, 0.29) is 17.8 Å². The Labute approximate surface area is 296 Å². The van der Waals surface area contributed by atoms with Crippen LogP contribution in [0.5, 0.6) is 0 Å². The highest BCUT2D eigenvalue weighted by Crippen LogP contribution is 2.15. The third-order valence-corrected chi connectivity index (χ3v) is 9.49. The van der Waals surface area contributed by atoms with Crippen LogP contribution in [0.15, 0.2) is 4.99 Å². The maximum Gasteiger partial charge on any atom is 0.239 e. The second-order valence-corrected chi connectivity index (χ2v) is 14.2. The van der Waals surface area contributed by atoms with Gasteiger partial charge in [-0.25, -0.2) is 0 Å². The predicted molar refractivity (Wildman–Crippen MR) is 207 cm³/mol. The van der Waals surface area contributed by atoms with Gasteiger partial charge in [0.1, 0.15) is 0 Å². The van der Waals surface area contributed by atoms with Gasteiger partial charge in [-0.15, -0.1) is 0 Å². The molecule has 0 heterocycles. The average molecular weight is 680 g/mol. The predicted octanol–water partition coefficient (Wildman–Crippen LogP) is 7.82. The zero-order valence-electron chi connectivity index (χ0n) is 31.8. The average Bonchev–Trinajstić information content (AvgIpc) is 3.07. The van der Waals surface area contributed by atoms with E-state index in [1.807, 2.05) is 0 Å². The van der Waals surface area contributed by atoms with Crippen LogP contribution < -0.4 is 28.3 Å². The Morgan fingerprint density at radius 1 is 0.542 bits per heavy atom. The summed E-state index contributed by atoms with van der Waals surface area (Å²) in [5, 5.41) is 2.90. The molecule has 2 atom stereocenters. The molecule has 0 saturated carbocycles. The normalized spacial score (nSPS) is 12.5. The first-order valence-electron chi connectivity index (χ1n) is 20.5. The lowest BCUT2D eigenvalue weighted by Crippen LogP contribution is -2.44. The van der Waals surface area contributed by atoms with Crippen LogP contribution in [0.25, 0.3) is 0 Å². The minimum atomic E-state index is -0.576. The van der Waals surface area contributed by atoms with Crippen molar-refractivity contribution in [2.75, 3.05) is 26.2 Å². The van der Waals surface area contributed by atoms with Crippen molar-refractivity contribution < 1.29 is 9.59 Å². The second kappa shape index (κ2) is 35.0. The number of carbonyl (C=O) groups is 2. The SMILES string of the molecule is CCCCCCCCCCCCCCN(CCCCCCCCCCCCC)C(=O)C(N)CCCCNC(=O)C(N)CCCN=C(N)N. The van der Waals surface area contributed by atoms with Crippen LogP contribution in [0.3, 0.4) is 0 Å². The number of aliphatic imine (C=N–C) groups is 1. The van der Waals surface area contributed by atoms with Crippen LogP contribution in [0, 0.1) is 0 Å². The number of guanidine groups is 1. The quantitative estimate of drug-likeness (QED) is 0.0257. The molecule has 9 nitrogen and oxygen atoms in total. The van der Waals surface area contributed by atoms with Gasteiger partial charge in [-0.3, -0.25) is 14.6 Å². The fraction of sp³-hybridized carbons (Fsp3) is 0.923. The largest absolute Gasteiger partial charge is 0.370 e. The minimum Gasteiger partial charge on any atom is -0.370 e. The molecular weight excluding hydrogens is 598 g/mol. The van der Waals surface area contributed by atoms with Gasteiger partial charge in [-0.1, -0.05) is 149 Å².